The fourth-order valence-corrected chi connectivity index (χ4v) is 7.94. The number of carbonyl (C=O) groups is 3. The van der Waals surface area contributed by atoms with E-state index < -0.39 is 6.10 Å². The van der Waals surface area contributed by atoms with Crippen LogP contribution in [0.5, 0.6) is 0 Å². The summed E-state index contributed by atoms with van der Waals surface area (Å²) in [6, 6.07) is 0. The highest BCUT2D eigenvalue weighted by atomic mass is 16.6. The van der Waals surface area contributed by atoms with E-state index in [1.165, 1.54) is 141 Å². The van der Waals surface area contributed by atoms with Gasteiger partial charge >= 0.3 is 17.9 Å². The largest absolute Gasteiger partial charge is 0.462 e. The zero-order chi connectivity index (χ0) is 48.6. The van der Waals surface area contributed by atoms with Crippen molar-refractivity contribution in [3.63, 3.8) is 0 Å². The van der Waals surface area contributed by atoms with Gasteiger partial charge in [-0.3, -0.25) is 14.4 Å². The maximum atomic E-state index is 12.8. The Balaban J connectivity index is 4.45. The van der Waals surface area contributed by atoms with E-state index >= 15 is 0 Å². The summed E-state index contributed by atoms with van der Waals surface area (Å²) in [7, 11) is 0. The first-order chi connectivity index (χ1) is 33.0. The Bertz CT molecular complexity index is 1260. The van der Waals surface area contributed by atoms with Gasteiger partial charge in [0.25, 0.3) is 0 Å². The predicted octanol–water partition coefficient (Wildman–Crippen LogP) is 19.0. The molecule has 0 rings (SSSR count). The lowest BCUT2D eigenvalue weighted by atomic mass is 10.0. The van der Waals surface area contributed by atoms with E-state index in [0.717, 1.165) is 89.9 Å². The van der Waals surface area contributed by atoms with Crippen LogP contribution in [0.1, 0.15) is 278 Å². The van der Waals surface area contributed by atoms with Crippen molar-refractivity contribution in [3.8, 4) is 0 Å². The number of esters is 3. The molecule has 6 heteroatoms. The van der Waals surface area contributed by atoms with Gasteiger partial charge in [-0.25, -0.2) is 0 Å². The monoisotopic (exact) mass is 935 g/mol. The summed E-state index contributed by atoms with van der Waals surface area (Å²) in [6.07, 6.45) is 70.4. The van der Waals surface area contributed by atoms with Crippen molar-refractivity contribution in [3.05, 3.63) is 72.9 Å². The van der Waals surface area contributed by atoms with Gasteiger partial charge in [-0.05, 0) is 83.5 Å². The van der Waals surface area contributed by atoms with Gasteiger partial charge in [-0.2, -0.15) is 0 Å². The molecule has 67 heavy (non-hydrogen) atoms. The zero-order valence-electron chi connectivity index (χ0n) is 44.2. The standard InChI is InChI=1S/C61H106O6/c1-4-7-10-13-16-19-22-25-28-30-32-33-36-39-42-45-48-51-54-60(63)66-57-58(56-65-59(62)53-50-47-44-41-38-35-27-24-21-18-15-12-9-6-3)67-61(64)55-52-49-46-43-40-37-34-31-29-26-23-20-17-14-11-8-5-2/h8,11,17,20,26,29,34-35,37-38,43,46,58H,4-7,9-10,12-16,18-19,21-25,27-28,30-33,36,39-42,44-45,47-57H2,1-3H3/b11-8-,20-17-,29-26-,37-34-,38-35-,46-43-. The van der Waals surface area contributed by atoms with Crippen molar-refractivity contribution in [1.82, 2.24) is 0 Å². The first kappa shape index (κ1) is 63.8. The minimum atomic E-state index is -0.809. The summed E-state index contributed by atoms with van der Waals surface area (Å²) < 4.78 is 16.8. The van der Waals surface area contributed by atoms with E-state index in [1.807, 2.05) is 0 Å². The molecule has 0 aliphatic heterocycles. The van der Waals surface area contributed by atoms with Gasteiger partial charge in [-0.15, -0.1) is 0 Å². The molecule has 0 aromatic rings. The van der Waals surface area contributed by atoms with Gasteiger partial charge in [0.05, 0.1) is 0 Å². The summed E-state index contributed by atoms with van der Waals surface area (Å²) in [6.45, 7) is 6.48. The second kappa shape index (κ2) is 55.4. The molecule has 0 saturated heterocycles. The molecule has 0 bridgehead atoms. The smallest absolute Gasteiger partial charge is 0.306 e. The van der Waals surface area contributed by atoms with Crippen molar-refractivity contribution >= 4 is 17.9 Å². The van der Waals surface area contributed by atoms with Crippen molar-refractivity contribution in [1.29, 1.82) is 0 Å². The lowest BCUT2D eigenvalue weighted by Gasteiger charge is -2.18. The Morgan fingerprint density at radius 3 is 0.985 bits per heavy atom. The third-order valence-electron chi connectivity index (χ3n) is 12.2. The first-order valence-electron chi connectivity index (χ1n) is 28.4. The van der Waals surface area contributed by atoms with Gasteiger partial charge in [0.15, 0.2) is 6.10 Å². The van der Waals surface area contributed by atoms with Crippen molar-refractivity contribution in [2.45, 2.75) is 284 Å². The molecule has 6 nitrogen and oxygen atoms in total. The summed E-state index contributed by atoms with van der Waals surface area (Å²) in [5, 5.41) is 0. The quantitative estimate of drug-likeness (QED) is 0.0262. The number of allylic oxidation sites excluding steroid dienone is 12. The average Bonchev–Trinajstić information content (AvgIpc) is 3.33. The van der Waals surface area contributed by atoms with Crippen molar-refractivity contribution in [2.24, 2.45) is 0 Å². The van der Waals surface area contributed by atoms with Gasteiger partial charge in [0, 0.05) is 19.3 Å². The minimum Gasteiger partial charge on any atom is -0.462 e. The normalized spacial score (nSPS) is 12.6. The van der Waals surface area contributed by atoms with E-state index in [4.69, 9.17) is 14.2 Å². The fourth-order valence-electron chi connectivity index (χ4n) is 7.94. The molecule has 0 spiro atoms. The molecule has 0 saturated carbocycles. The second-order valence-corrected chi connectivity index (χ2v) is 18.8. The predicted molar refractivity (Wildman–Crippen MR) is 288 cm³/mol. The molecule has 0 heterocycles. The summed E-state index contributed by atoms with van der Waals surface area (Å²) >= 11 is 0. The Labute approximate surface area is 414 Å². The first-order valence-corrected chi connectivity index (χ1v) is 28.4. The van der Waals surface area contributed by atoms with Gasteiger partial charge < -0.3 is 14.2 Å². The lowest BCUT2D eigenvalue weighted by molar-refractivity contribution is -0.167. The summed E-state index contributed by atoms with van der Waals surface area (Å²) in [4.78, 5) is 38.1. The molecular weight excluding hydrogens is 829 g/mol. The maximum Gasteiger partial charge on any atom is 0.306 e. The lowest BCUT2D eigenvalue weighted by Crippen LogP contribution is -2.30. The molecule has 0 amide bonds. The molecule has 0 aliphatic rings. The molecule has 0 N–H and O–H groups in total. The van der Waals surface area contributed by atoms with Crippen LogP contribution >= 0.6 is 0 Å². The van der Waals surface area contributed by atoms with Crippen LogP contribution in [0.3, 0.4) is 0 Å². The van der Waals surface area contributed by atoms with E-state index in [-0.39, 0.29) is 37.5 Å². The second-order valence-electron chi connectivity index (χ2n) is 18.8. The van der Waals surface area contributed by atoms with Gasteiger partial charge in [-0.1, -0.05) is 248 Å². The number of hydrogen-bond acceptors (Lipinski definition) is 6. The molecular formula is C61H106O6. The van der Waals surface area contributed by atoms with E-state index in [0.29, 0.717) is 19.3 Å². The van der Waals surface area contributed by atoms with Crippen LogP contribution in [-0.4, -0.2) is 37.2 Å². The Hall–Kier alpha value is -3.15. The van der Waals surface area contributed by atoms with Gasteiger partial charge in [0.2, 0.25) is 0 Å². The summed E-state index contributed by atoms with van der Waals surface area (Å²) in [5.41, 5.74) is 0. The Morgan fingerprint density at radius 1 is 0.313 bits per heavy atom. The number of ether oxygens (including phenoxy) is 3. The van der Waals surface area contributed by atoms with Crippen LogP contribution in [0.4, 0.5) is 0 Å². The Morgan fingerprint density at radius 2 is 0.597 bits per heavy atom. The molecule has 0 aromatic carbocycles. The van der Waals surface area contributed by atoms with Crippen LogP contribution < -0.4 is 0 Å². The maximum absolute atomic E-state index is 12.8. The third kappa shape index (κ3) is 53.7. The van der Waals surface area contributed by atoms with Crippen molar-refractivity contribution < 1.29 is 28.6 Å². The van der Waals surface area contributed by atoms with Crippen LogP contribution in [-0.2, 0) is 28.6 Å². The molecule has 1 unspecified atom stereocenters. The number of hydrogen-bond donors (Lipinski definition) is 0. The topological polar surface area (TPSA) is 78.9 Å². The van der Waals surface area contributed by atoms with Crippen LogP contribution in [0, 0.1) is 0 Å². The number of carbonyl (C=O) groups excluding carboxylic acids is 3. The van der Waals surface area contributed by atoms with E-state index in [2.05, 4.69) is 93.7 Å². The molecule has 0 radical (unpaired) electrons. The highest BCUT2D eigenvalue weighted by molar-refractivity contribution is 5.71. The average molecular weight is 936 g/mol. The van der Waals surface area contributed by atoms with Gasteiger partial charge in [0.1, 0.15) is 13.2 Å². The van der Waals surface area contributed by atoms with Crippen LogP contribution in [0.2, 0.25) is 0 Å². The fraction of sp³-hybridized carbons (Fsp3) is 0.754. The SMILES string of the molecule is CC/C=C\C/C=C\C/C=C\C/C=C\C/C=C\CCCC(=O)OC(COC(=O)CCCCC/C=C\CCCCCCCCC)COC(=O)CCCCCCCCCCCCCCCCCCCC. The van der Waals surface area contributed by atoms with E-state index in [9.17, 15) is 14.4 Å². The molecule has 0 aliphatic carbocycles. The zero-order valence-corrected chi connectivity index (χ0v) is 44.2. The van der Waals surface area contributed by atoms with Crippen LogP contribution in [0.15, 0.2) is 72.9 Å². The van der Waals surface area contributed by atoms with E-state index in [1.54, 1.807) is 0 Å². The Kier molecular flexibility index (Phi) is 52.8. The summed E-state index contributed by atoms with van der Waals surface area (Å²) in [5.74, 6) is -0.967. The molecule has 0 fully saturated rings. The highest BCUT2D eigenvalue weighted by Crippen LogP contribution is 2.16. The molecule has 1 atom stereocenters. The molecule has 386 valence electrons. The third-order valence-corrected chi connectivity index (χ3v) is 12.2. The molecule has 0 aromatic heterocycles. The number of unbranched alkanes of at least 4 members (excludes halogenated alkanes) is 28. The highest BCUT2D eigenvalue weighted by Gasteiger charge is 2.19. The van der Waals surface area contributed by atoms with Crippen molar-refractivity contribution in [2.75, 3.05) is 13.2 Å². The minimum absolute atomic E-state index is 0.100. The number of rotatable bonds is 51. The van der Waals surface area contributed by atoms with Crippen LogP contribution in [0.25, 0.3) is 0 Å².